The van der Waals surface area contributed by atoms with E-state index in [1.54, 1.807) is 0 Å². The lowest BCUT2D eigenvalue weighted by Gasteiger charge is -2.31. The normalized spacial score (nSPS) is 31.0. The first-order valence-corrected chi connectivity index (χ1v) is 9.21. The summed E-state index contributed by atoms with van der Waals surface area (Å²) in [5.74, 6) is 5.29. The van der Waals surface area contributed by atoms with Gasteiger partial charge < -0.3 is 18.6 Å². The third-order valence-corrected chi connectivity index (χ3v) is 6.35. The Hall–Kier alpha value is -2.23. The predicted octanol–water partition coefficient (Wildman–Crippen LogP) is 4.08. The first kappa shape index (κ1) is 14.0. The average Bonchev–Trinajstić information content (AvgIpc) is 3.41. The maximum absolute atomic E-state index is 6.18. The molecule has 2 aliphatic heterocycles. The van der Waals surface area contributed by atoms with Gasteiger partial charge in [-0.3, -0.25) is 0 Å². The van der Waals surface area contributed by atoms with Gasteiger partial charge in [-0.15, -0.1) is 0 Å². The molecule has 25 heavy (non-hydrogen) atoms. The molecule has 0 saturated heterocycles. The van der Waals surface area contributed by atoms with Crippen molar-refractivity contribution in [2.24, 2.45) is 11.8 Å². The molecule has 2 fully saturated rings. The molecule has 4 aliphatic rings. The third kappa shape index (κ3) is 2.03. The number of hydrogen-bond acceptors (Lipinski definition) is 4. The van der Waals surface area contributed by atoms with Crippen LogP contribution in [0.3, 0.4) is 0 Å². The molecule has 4 nitrogen and oxygen atoms in total. The summed E-state index contributed by atoms with van der Waals surface area (Å²) in [6.07, 6.45) is 3.74. The zero-order valence-corrected chi connectivity index (χ0v) is 13.8. The SMILES string of the molecule is c1ccc2c(c1)OB([C@@H]1[C@H]3CC[C@H](C3)[C@@H]1B1Oc3ccccc3O1)O2. The Morgan fingerprint density at radius 1 is 0.600 bits per heavy atom. The quantitative estimate of drug-likeness (QED) is 0.777. The summed E-state index contributed by atoms with van der Waals surface area (Å²) < 4.78 is 24.7. The van der Waals surface area contributed by atoms with Gasteiger partial charge in [-0.25, -0.2) is 0 Å². The molecule has 124 valence electrons. The van der Waals surface area contributed by atoms with E-state index in [4.69, 9.17) is 18.6 Å². The van der Waals surface area contributed by atoms with Crippen LogP contribution in [0.15, 0.2) is 48.5 Å². The van der Waals surface area contributed by atoms with Crippen LogP contribution in [0.1, 0.15) is 19.3 Å². The van der Waals surface area contributed by atoms with Gasteiger partial charge >= 0.3 is 14.2 Å². The largest absolute Gasteiger partial charge is 0.598 e. The molecule has 2 aromatic rings. The van der Waals surface area contributed by atoms with Crippen LogP contribution in [-0.2, 0) is 0 Å². The van der Waals surface area contributed by atoms with Gasteiger partial charge in [0.1, 0.15) is 23.0 Å². The lowest BCUT2D eigenvalue weighted by atomic mass is 9.48. The summed E-state index contributed by atoms with van der Waals surface area (Å²) >= 11 is 0. The fourth-order valence-corrected chi connectivity index (χ4v) is 5.34. The van der Waals surface area contributed by atoms with Crippen LogP contribution in [0, 0.1) is 11.8 Å². The van der Waals surface area contributed by atoms with Crippen molar-refractivity contribution in [3.05, 3.63) is 48.5 Å². The molecule has 0 N–H and O–H groups in total. The summed E-state index contributed by atoms with van der Waals surface area (Å²) in [5, 5.41) is 0. The van der Waals surface area contributed by atoms with Gasteiger partial charge in [0.25, 0.3) is 0 Å². The Balaban J connectivity index is 1.30. The summed E-state index contributed by atoms with van der Waals surface area (Å²) in [6, 6.07) is 15.9. The summed E-state index contributed by atoms with van der Waals surface area (Å²) in [7, 11) is -0.456. The highest BCUT2D eigenvalue weighted by atomic mass is 16.6. The van der Waals surface area contributed by atoms with E-state index in [0.717, 1.165) is 23.0 Å². The summed E-state index contributed by atoms with van der Waals surface area (Å²) in [4.78, 5) is 0. The Kier molecular flexibility index (Phi) is 2.87. The average molecular weight is 332 g/mol. The van der Waals surface area contributed by atoms with E-state index in [1.165, 1.54) is 19.3 Å². The molecule has 0 spiro atoms. The number of rotatable bonds is 2. The maximum atomic E-state index is 6.18. The predicted molar refractivity (Wildman–Crippen MR) is 95.2 cm³/mol. The van der Waals surface area contributed by atoms with Crippen molar-refractivity contribution in [2.75, 3.05) is 0 Å². The third-order valence-electron chi connectivity index (χ3n) is 6.35. The minimum atomic E-state index is -0.228. The molecule has 6 heteroatoms. The first-order valence-electron chi connectivity index (χ1n) is 9.21. The standard InChI is InChI=1S/C19H18B2O4/c1-2-6-15-14(5-1)22-20(23-15)18-12-9-10-13(11-12)19(18)21-24-16-7-3-4-8-17(16)25-21/h1-8,12-13,18-19H,9-11H2/t12-,13+,18+,19-. The molecule has 2 aromatic carbocycles. The zero-order valence-electron chi connectivity index (χ0n) is 13.8. The van der Waals surface area contributed by atoms with Gasteiger partial charge in [0.15, 0.2) is 0 Å². The highest BCUT2D eigenvalue weighted by molar-refractivity contribution is 6.57. The zero-order chi connectivity index (χ0) is 16.4. The Morgan fingerprint density at radius 2 is 0.960 bits per heavy atom. The van der Waals surface area contributed by atoms with Crippen molar-refractivity contribution in [1.29, 1.82) is 0 Å². The van der Waals surface area contributed by atoms with Crippen LogP contribution in [0.4, 0.5) is 0 Å². The van der Waals surface area contributed by atoms with Crippen molar-refractivity contribution in [3.8, 4) is 23.0 Å². The van der Waals surface area contributed by atoms with E-state index in [-0.39, 0.29) is 14.2 Å². The molecular formula is C19H18B2O4. The van der Waals surface area contributed by atoms with E-state index >= 15 is 0 Å². The van der Waals surface area contributed by atoms with Crippen molar-refractivity contribution in [1.82, 2.24) is 0 Å². The van der Waals surface area contributed by atoms with E-state index in [9.17, 15) is 0 Å². The molecule has 2 aliphatic carbocycles. The smallest absolute Gasteiger partial charge is 0.523 e. The van der Waals surface area contributed by atoms with Crippen molar-refractivity contribution in [3.63, 3.8) is 0 Å². The molecule has 2 saturated carbocycles. The Morgan fingerprint density at radius 3 is 1.32 bits per heavy atom. The molecule has 0 aromatic heterocycles. The van der Waals surface area contributed by atoms with Crippen LogP contribution in [-0.4, -0.2) is 14.2 Å². The summed E-state index contributed by atoms with van der Waals surface area (Å²) in [6.45, 7) is 0. The number of hydrogen-bond donors (Lipinski definition) is 0. The Bertz CT molecular complexity index is 711. The molecule has 6 rings (SSSR count). The van der Waals surface area contributed by atoms with E-state index < -0.39 is 0 Å². The topological polar surface area (TPSA) is 36.9 Å². The van der Waals surface area contributed by atoms with Crippen LogP contribution in [0.5, 0.6) is 23.0 Å². The first-order chi connectivity index (χ1) is 12.4. The second-order valence-electron chi connectivity index (χ2n) is 7.59. The maximum Gasteiger partial charge on any atom is 0.598 e. The molecular weight excluding hydrogens is 314 g/mol. The lowest BCUT2D eigenvalue weighted by molar-refractivity contribution is 0.356. The van der Waals surface area contributed by atoms with Crippen LogP contribution >= 0.6 is 0 Å². The molecule has 0 radical (unpaired) electrons. The summed E-state index contributed by atoms with van der Waals surface area (Å²) in [5.41, 5.74) is 0. The Labute approximate surface area is 147 Å². The number of para-hydroxylation sites is 4. The van der Waals surface area contributed by atoms with Crippen LogP contribution in [0.25, 0.3) is 0 Å². The van der Waals surface area contributed by atoms with Gasteiger partial charge in [-0.1, -0.05) is 37.1 Å². The number of benzene rings is 2. The number of fused-ring (bicyclic) bond motifs is 4. The highest BCUT2D eigenvalue weighted by Crippen LogP contribution is 2.63. The fourth-order valence-electron chi connectivity index (χ4n) is 5.34. The van der Waals surface area contributed by atoms with Gasteiger partial charge in [-0.05, 0) is 42.5 Å². The molecule has 0 unspecified atom stereocenters. The molecule has 2 heterocycles. The minimum Gasteiger partial charge on any atom is -0.523 e. The van der Waals surface area contributed by atoms with Gasteiger partial charge in [0.05, 0.1) is 0 Å². The van der Waals surface area contributed by atoms with E-state index in [0.29, 0.717) is 23.5 Å². The van der Waals surface area contributed by atoms with E-state index in [1.807, 2.05) is 48.5 Å². The van der Waals surface area contributed by atoms with Crippen molar-refractivity contribution >= 4 is 14.2 Å². The van der Waals surface area contributed by atoms with Crippen molar-refractivity contribution in [2.45, 2.75) is 30.9 Å². The highest BCUT2D eigenvalue weighted by Gasteiger charge is 2.64. The van der Waals surface area contributed by atoms with Gasteiger partial charge in [0.2, 0.25) is 0 Å². The van der Waals surface area contributed by atoms with Gasteiger partial charge in [0, 0.05) is 11.6 Å². The van der Waals surface area contributed by atoms with Crippen molar-refractivity contribution < 1.29 is 18.6 Å². The monoisotopic (exact) mass is 332 g/mol. The lowest BCUT2D eigenvalue weighted by Crippen LogP contribution is -2.44. The van der Waals surface area contributed by atoms with Crippen LogP contribution in [0.2, 0.25) is 11.6 Å². The van der Waals surface area contributed by atoms with Crippen LogP contribution < -0.4 is 18.6 Å². The second-order valence-corrected chi connectivity index (χ2v) is 7.59. The molecule has 2 bridgehead atoms. The van der Waals surface area contributed by atoms with E-state index in [2.05, 4.69) is 0 Å². The van der Waals surface area contributed by atoms with Gasteiger partial charge in [-0.2, -0.15) is 0 Å². The second kappa shape index (κ2) is 5.13. The minimum absolute atomic E-state index is 0.228. The molecule has 0 amide bonds. The fraction of sp³-hybridized carbons (Fsp3) is 0.368. The molecule has 4 atom stereocenters.